The van der Waals surface area contributed by atoms with Gasteiger partial charge in [-0.2, -0.15) is 0 Å². The molecule has 0 aliphatic rings. The van der Waals surface area contributed by atoms with Gasteiger partial charge in [-0.1, -0.05) is 9.39 Å². The van der Waals surface area contributed by atoms with Gasteiger partial charge in [-0.3, -0.25) is 9.88 Å². The molecule has 1 aromatic carbocycles. The topological polar surface area (TPSA) is 29.1 Å². The summed E-state index contributed by atoms with van der Waals surface area (Å²) in [5, 5.41) is 2.58. The Hall–Kier alpha value is -1.30. The number of halogens is 2. The molecule has 0 saturated carbocycles. The third-order valence-corrected chi connectivity index (χ3v) is 2.44. The molecule has 0 spiro atoms. The first-order chi connectivity index (χ1) is 7.60. The van der Waals surface area contributed by atoms with Crippen molar-refractivity contribution >= 4 is 15.2 Å². The Morgan fingerprint density at radius 3 is 2.81 bits per heavy atom. The van der Waals surface area contributed by atoms with Gasteiger partial charge < -0.3 is 0 Å². The first kappa shape index (κ1) is 12.8. The lowest BCUT2D eigenvalue weighted by Gasteiger charge is -2.12. The van der Waals surface area contributed by atoms with Crippen LogP contribution in [0, 0.1) is 24.0 Å². The van der Waals surface area contributed by atoms with E-state index < -0.39 is 23.5 Å². The molecule has 0 radical (unpaired) electrons. The standard InChI is InChI=1S/C11H10F2NOP/c1-2-3-10(14-16)11(15)8-6-7(12)4-5-9(8)13/h1,4-6,10,14H,3,16H2. The molecule has 1 aromatic rings. The molecule has 0 aliphatic heterocycles. The van der Waals surface area contributed by atoms with Crippen LogP contribution in [0.25, 0.3) is 0 Å². The second-order valence-electron chi connectivity index (χ2n) is 3.12. The van der Waals surface area contributed by atoms with Gasteiger partial charge in [-0.05, 0) is 18.2 Å². The molecule has 0 fully saturated rings. The summed E-state index contributed by atoms with van der Waals surface area (Å²) < 4.78 is 26.2. The number of carbonyl (C=O) groups excluding carboxylic acids is 1. The number of benzene rings is 1. The Balaban J connectivity index is 3.03. The molecular formula is C11H10F2NOP. The van der Waals surface area contributed by atoms with Crippen LogP contribution in [0.15, 0.2) is 18.2 Å². The van der Waals surface area contributed by atoms with Crippen molar-refractivity contribution in [3.05, 3.63) is 35.4 Å². The summed E-state index contributed by atoms with van der Waals surface area (Å²) in [7, 11) is 2.13. The van der Waals surface area contributed by atoms with Gasteiger partial charge in [0.1, 0.15) is 11.6 Å². The monoisotopic (exact) mass is 241 g/mol. The summed E-state index contributed by atoms with van der Waals surface area (Å²) in [4.78, 5) is 11.8. The van der Waals surface area contributed by atoms with E-state index in [0.717, 1.165) is 18.2 Å². The SMILES string of the molecule is C#CCC(NP)C(=O)c1cc(F)ccc1F. The van der Waals surface area contributed by atoms with Crippen molar-refractivity contribution in [2.24, 2.45) is 0 Å². The fourth-order valence-corrected chi connectivity index (χ4v) is 1.49. The molecule has 5 heteroatoms. The van der Waals surface area contributed by atoms with E-state index in [0.29, 0.717) is 0 Å². The van der Waals surface area contributed by atoms with Gasteiger partial charge >= 0.3 is 0 Å². The van der Waals surface area contributed by atoms with Gasteiger partial charge in [0.25, 0.3) is 0 Å². The lowest BCUT2D eigenvalue weighted by molar-refractivity contribution is 0.0952. The maximum Gasteiger partial charge on any atom is 0.184 e. The molecule has 2 atom stereocenters. The number of nitrogens with one attached hydrogen (secondary N) is 1. The quantitative estimate of drug-likeness (QED) is 0.495. The molecule has 1 rings (SSSR count). The number of hydrogen-bond donors (Lipinski definition) is 1. The molecule has 0 saturated heterocycles. The van der Waals surface area contributed by atoms with E-state index in [1.165, 1.54) is 0 Å². The third kappa shape index (κ3) is 2.85. The second-order valence-corrected chi connectivity index (χ2v) is 3.45. The highest BCUT2D eigenvalue weighted by molar-refractivity contribution is 7.13. The molecular weight excluding hydrogens is 231 g/mol. The number of rotatable bonds is 4. The van der Waals surface area contributed by atoms with Crippen molar-refractivity contribution in [1.82, 2.24) is 5.09 Å². The maximum absolute atomic E-state index is 13.3. The summed E-state index contributed by atoms with van der Waals surface area (Å²) in [6.45, 7) is 0. The van der Waals surface area contributed by atoms with Gasteiger partial charge in [-0.25, -0.2) is 8.78 Å². The van der Waals surface area contributed by atoms with Crippen LogP contribution in [0.4, 0.5) is 8.78 Å². The van der Waals surface area contributed by atoms with Gasteiger partial charge in [0.15, 0.2) is 5.78 Å². The van der Waals surface area contributed by atoms with Gasteiger partial charge in [0.05, 0.1) is 11.6 Å². The fraction of sp³-hybridized carbons (Fsp3) is 0.182. The van der Waals surface area contributed by atoms with Crippen LogP contribution in [-0.4, -0.2) is 11.8 Å². The number of Topliss-reactive ketones (excluding diaryl/α,β-unsaturated/α-hetero) is 1. The molecule has 16 heavy (non-hydrogen) atoms. The van der Waals surface area contributed by atoms with Crippen molar-refractivity contribution in [1.29, 1.82) is 0 Å². The largest absolute Gasteiger partial charge is 0.292 e. The molecule has 0 bridgehead atoms. The minimum Gasteiger partial charge on any atom is -0.292 e. The smallest absolute Gasteiger partial charge is 0.184 e. The van der Waals surface area contributed by atoms with Crippen LogP contribution in [0.5, 0.6) is 0 Å². The Morgan fingerprint density at radius 1 is 1.56 bits per heavy atom. The highest BCUT2D eigenvalue weighted by Crippen LogP contribution is 2.13. The lowest BCUT2D eigenvalue weighted by atomic mass is 10.0. The lowest BCUT2D eigenvalue weighted by Crippen LogP contribution is -2.30. The van der Waals surface area contributed by atoms with Crippen molar-refractivity contribution in [2.75, 3.05) is 0 Å². The molecule has 2 nitrogen and oxygen atoms in total. The first-order valence-corrected chi connectivity index (χ1v) is 5.06. The fourth-order valence-electron chi connectivity index (χ4n) is 1.22. The van der Waals surface area contributed by atoms with E-state index in [4.69, 9.17) is 6.42 Å². The number of terminal acetylenes is 1. The van der Waals surface area contributed by atoms with E-state index in [1.807, 2.05) is 0 Å². The molecule has 0 aromatic heterocycles. The third-order valence-electron chi connectivity index (χ3n) is 2.03. The van der Waals surface area contributed by atoms with Gasteiger partial charge in [0.2, 0.25) is 0 Å². The van der Waals surface area contributed by atoms with Crippen molar-refractivity contribution in [3.63, 3.8) is 0 Å². The summed E-state index contributed by atoms with van der Waals surface area (Å²) >= 11 is 0. The normalized spacial score (nSPS) is 11.9. The minimum atomic E-state index is -0.756. The first-order valence-electron chi connectivity index (χ1n) is 4.49. The van der Waals surface area contributed by atoms with Crippen molar-refractivity contribution in [3.8, 4) is 12.3 Å². The summed E-state index contributed by atoms with van der Waals surface area (Å²) in [6.07, 6.45) is 5.18. The van der Waals surface area contributed by atoms with E-state index in [9.17, 15) is 13.6 Å². The Kier molecular flexibility index (Phi) is 4.54. The number of carbonyl (C=O) groups is 1. The van der Waals surface area contributed by atoms with E-state index in [-0.39, 0.29) is 12.0 Å². The maximum atomic E-state index is 13.3. The minimum absolute atomic E-state index is 0.109. The summed E-state index contributed by atoms with van der Waals surface area (Å²) in [6, 6.07) is 2.00. The van der Waals surface area contributed by atoms with E-state index in [1.54, 1.807) is 0 Å². The molecule has 2 unspecified atom stereocenters. The van der Waals surface area contributed by atoms with Crippen LogP contribution < -0.4 is 5.09 Å². The van der Waals surface area contributed by atoms with Gasteiger partial charge in [-0.15, -0.1) is 12.3 Å². The zero-order chi connectivity index (χ0) is 12.1. The molecule has 0 amide bonds. The van der Waals surface area contributed by atoms with Crippen LogP contribution >= 0.6 is 9.39 Å². The number of hydrogen-bond acceptors (Lipinski definition) is 2. The molecule has 0 heterocycles. The Morgan fingerprint density at radius 2 is 2.25 bits per heavy atom. The average Bonchev–Trinajstić information content (AvgIpc) is 2.28. The number of ketones is 1. The Bertz CT molecular complexity index is 442. The second kappa shape index (κ2) is 5.69. The van der Waals surface area contributed by atoms with Crippen LogP contribution in [0.3, 0.4) is 0 Å². The Labute approximate surface area is 94.7 Å². The van der Waals surface area contributed by atoms with Gasteiger partial charge in [0, 0.05) is 6.42 Å². The van der Waals surface area contributed by atoms with E-state index >= 15 is 0 Å². The van der Waals surface area contributed by atoms with Crippen LogP contribution in [-0.2, 0) is 0 Å². The predicted octanol–water partition coefficient (Wildman–Crippen LogP) is 1.92. The van der Waals surface area contributed by atoms with Crippen LogP contribution in [0.2, 0.25) is 0 Å². The highest BCUT2D eigenvalue weighted by atomic mass is 31.0. The van der Waals surface area contributed by atoms with E-state index in [2.05, 4.69) is 20.4 Å². The highest BCUT2D eigenvalue weighted by Gasteiger charge is 2.21. The van der Waals surface area contributed by atoms with Crippen molar-refractivity contribution < 1.29 is 13.6 Å². The molecule has 1 N–H and O–H groups in total. The molecule has 84 valence electrons. The van der Waals surface area contributed by atoms with Crippen LogP contribution in [0.1, 0.15) is 16.8 Å². The summed E-state index contributed by atoms with van der Waals surface area (Å²) in [5.74, 6) is 0.311. The average molecular weight is 241 g/mol. The zero-order valence-corrected chi connectivity index (χ0v) is 9.49. The molecule has 0 aliphatic carbocycles. The van der Waals surface area contributed by atoms with Crippen molar-refractivity contribution in [2.45, 2.75) is 12.5 Å². The predicted molar refractivity (Wildman–Crippen MR) is 60.8 cm³/mol. The zero-order valence-electron chi connectivity index (χ0n) is 8.34. The summed E-state index contributed by atoms with van der Waals surface area (Å²) in [5.41, 5.74) is -0.296.